The van der Waals surface area contributed by atoms with Crippen molar-refractivity contribution in [2.45, 2.75) is 477 Å². The summed E-state index contributed by atoms with van der Waals surface area (Å²) in [6.07, 6.45) is 71.1. The Morgan fingerprint density at radius 1 is 0.260 bits per heavy atom. The molecule has 0 spiro atoms. The first kappa shape index (κ1) is 102. The molecule has 19 heteroatoms. The molecule has 0 saturated heterocycles. The van der Waals surface area contributed by atoms with E-state index in [2.05, 4.69) is 34.6 Å². The molecule has 0 bridgehead atoms. The topological polar surface area (TPSA) is 237 Å². The van der Waals surface area contributed by atoms with Crippen LogP contribution in [0.4, 0.5) is 0 Å². The molecule has 0 aromatic carbocycles. The number of aliphatic hydroxyl groups is 1. The number of carbonyl (C=O) groups is 4. The molecule has 2 unspecified atom stereocenters. The van der Waals surface area contributed by atoms with Crippen LogP contribution in [0.15, 0.2) is 0 Å². The average Bonchev–Trinajstić information content (AvgIpc) is 0.920. The van der Waals surface area contributed by atoms with Gasteiger partial charge >= 0.3 is 39.5 Å². The fourth-order valence-corrected chi connectivity index (χ4v) is 14.9. The minimum absolute atomic E-state index is 0.107. The van der Waals surface area contributed by atoms with Crippen molar-refractivity contribution in [3.8, 4) is 0 Å². The molecule has 618 valence electrons. The summed E-state index contributed by atoms with van der Waals surface area (Å²) in [5.41, 5.74) is 0. The maximum Gasteiger partial charge on any atom is 0.472 e. The average molecular weight is 1520 g/mol. The molecular weight excluding hydrogens is 1350 g/mol. The van der Waals surface area contributed by atoms with E-state index in [0.717, 1.165) is 109 Å². The van der Waals surface area contributed by atoms with Gasteiger partial charge in [-0.2, -0.15) is 0 Å². The number of unbranched alkanes of at least 4 members (excludes halogenated alkanes) is 57. The number of esters is 4. The highest BCUT2D eigenvalue weighted by atomic mass is 31.2. The minimum Gasteiger partial charge on any atom is -0.462 e. The number of hydrogen-bond donors (Lipinski definition) is 3. The molecule has 0 saturated carbocycles. The third-order valence-electron chi connectivity index (χ3n) is 20.0. The summed E-state index contributed by atoms with van der Waals surface area (Å²) in [5, 5.41) is 10.6. The van der Waals surface area contributed by atoms with Gasteiger partial charge in [-0.15, -0.1) is 0 Å². The van der Waals surface area contributed by atoms with Crippen molar-refractivity contribution in [1.82, 2.24) is 0 Å². The summed E-state index contributed by atoms with van der Waals surface area (Å²) >= 11 is 0. The van der Waals surface area contributed by atoms with Gasteiger partial charge in [0.25, 0.3) is 0 Å². The monoisotopic (exact) mass is 1520 g/mol. The lowest BCUT2D eigenvalue weighted by molar-refractivity contribution is -0.161. The van der Waals surface area contributed by atoms with E-state index >= 15 is 0 Å². The SMILES string of the molecule is CCCCCCCCCCCCCCCCCCCCCCCC(=O)O[C@H](COC(=O)CCCCCCCCCCCCCCCCCCCCCC)COP(=O)(O)OC[C@@H](O)COP(=O)(O)OC[C@@H](COC(=O)CCCCCCCCC)OC(=O)CCCCCCCCCCCCCCCC(C)C. The fourth-order valence-electron chi connectivity index (χ4n) is 13.3. The van der Waals surface area contributed by atoms with E-state index in [1.807, 2.05) is 0 Å². The van der Waals surface area contributed by atoms with Crippen LogP contribution < -0.4 is 0 Å². The number of phosphoric ester groups is 2. The van der Waals surface area contributed by atoms with Crippen molar-refractivity contribution in [1.29, 1.82) is 0 Å². The fraction of sp³-hybridized carbons (Fsp3) is 0.953. The van der Waals surface area contributed by atoms with Crippen molar-refractivity contribution < 1.29 is 80.2 Å². The Labute approximate surface area is 638 Å². The van der Waals surface area contributed by atoms with Gasteiger partial charge < -0.3 is 33.8 Å². The van der Waals surface area contributed by atoms with Crippen LogP contribution in [0.1, 0.15) is 458 Å². The molecule has 0 aliphatic heterocycles. The Bertz CT molecular complexity index is 1980. The van der Waals surface area contributed by atoms with Gasteiger partial charge in [0.05, 0.1) is 26.4 Å². The third kappa shape index (κ3) is 78.2. The van der Waals surface area contributed by atoms with E-state index in [0.29, 0.717) is 25.7 Å². The number of phosphoric acid groups is 2. The second-order valence-electron chi connectivity index (χ2n) is 31.1. The molecule has 0 heterocycles. The van der Waals surface area contributed by atoms with Gasteiger partial charge in [0.2, 0.25) is 0 Å². The molecule has 104 heavy (non-hydrogen) atoms. The van der Waals surface area contributed by atoms with E-state index in [1.165, 1.54) is 270 Å². The highest BCUT2D eigenvalue weighted by molar-refractivity contribution is 7.47. The number of ether oxygens (including phenoxy) is 4. The Morgan fingerprint density at radius 2 is 0.442 bits per heavy atom. The van der Waals surface area contributed by atoms with Gasteiger partial charge in [0.15, 0.2) is 12.2 Å². The van der Waals surface area contributed by atoms with Gasteiger partial charge in [-0.3, -0.25) is 37.3 Å². The summed E-state index contributed by atoms with van der Waals surface area (Å²) in [6.45, 7) is 7.32. The van der Waals surface area contributed by atoms with Gasteiger partial charge in [0, 0.05) is 25.7 Å². The van der Waals surface area contributed by atoms with Crippen molar-refractivity contribution >= 4 is 39.5 Å². The molecule has 0 radical (unpaired) electrons. The maximum atomic E-state index is 13.1. The van der Waals surface area contributed by atoms with Crippen molar-refractivity contribution in [3.63, 3.8) is 0 Å². The molecule has 3 N–H and O–H groups in total. The summed E-state index contributed by atoms with van der Waals surface area (Å²) < 4.78 is 68.7. The first-order valence-corrected chi connectivity index (χ1v) is 47.1. The maximum absolute atomic E-state index is 13.1. The lowest BCUT2D eigenvalue weighted by atomic mass is 10.0. The third-order valence-corrected chi connectivity index (χ3v) is 21.9. The summed E-state index contributed by atoms with van der Waals surface area (Å²) in [7, 11) is -9.92. The van der Waals surface area contributed by atoms with E-state index in [4.69, 9.17) is 37.0 Å². The molecule has 0 aliphatic carbocycles. The normalized spacial score (nSPS) is 13.8. The van der Waals surface area contributed by atoms with Crippen molar-refractivity contribution in [2.24, 2.45) is 5.92 Å². The number of aliphatic hydroxyl groups excluding tert-OH is 1. The van der Waals surface area contributed by atoms with Gasteiger partial charge in [-0.25, -0.2) is 9.13 Å². The molecule has 0 aliphatic rings. The minimum atomic E-state index is -4.96. The first-order chi connectivity index (χ1) is 50.5. The zero-order valence-electron chi connectivity index (χ0n) is 68.2. The lowest BCUT2D eigenvalue weighted by Gasteiger charge is -2.21. The molecule has 17 nitrogen and oxygen atoms in total. The number of hydrogen-bond acceptors (Lipinski definition) is 15. The van der Waals surface area contributed by atoms with Crippen LogP contribution in [0.2, 0.25) is 0 Å². The van der Waals surface area contributed by atoms with Gasteiger partial charge in [0.1, 0.15) is 19.3 Å². The first-order valence-electron chi connectivity index (χ1n) is 44.1. The van der Waals surface area contributed by atoms with E-state index < -0.39 is 97.5 Å². The lowest BCUT2D eigenvalue weighted by Crippen LogP contribution is -2.30. The highest BCUT2D eigenvalue weighted by Crippen LogP contribution is 2.45. The molecule has 5 atom stereocenters. The van der Waals surface area contributed by atoms with Crippen LogP contribution in [0.3, 0.4) is 0 Å². The highest BCUT2D eigenvalue weighted by Gasteiger charge is 2.30. The van der Waals surface area contributed by atoms with Crippen LogP contribution in [0.25, 0.3) is 0 Å². The van der Waals surface area contributed by atoms with Crippen molar-refractivity contribution in [3.05, 3.63) is 0 Å². The molecule has 0 rings (SSSR count). The van der Waals surface area contributed by atoms with Gasteiger partial charge in [-0.05, 0) is 31.6 Å². The van der Waals surface area contributed by atoms with Crippen LogP contribution >= 0.6 is 15.6 Å². The summed E-state index contributed by atoms with van der Waals surface area (Å²) in [5.74, 6) is -1.32. The number of rotatable bonds is 85. The second kappa shape index (κ2) is 77.8. The predicted octanol–water partition coefficient (Wildman–Crippen LogP) is 26.0. The smallest absolute Gasteiger partial charge is 0.462 e. The standard InChI is InChI=1S/C85H166O17P2/c1-6-9-12-15-18-20-22-24-26-28-30-32-34-36-38-42-46-50-55-60-65-70-85(90)102-81(75-96-83(88)69-64-59-54-49-45-41-37-35-33-31-29-27-25-23-21-19-16-13-10-7-2)77-100-104(93,94)98-73-79(86)72-97-103(91,92)99-76-80(74-95-82(87)68-63-58-52-17-14-11-8-3)101-84(89)71-66-61-56-51-47-43-39-40-44-48-53-57-62-67-78(4)5/h78-81,86H,6-77H2,1-5H3,(H,91,92)(H,93,94)/t79-,80+,81+/m0/s1. The molecular formula is C85H166O17P2. The van der Waals surface area contributed by atoms with Crippen molar-refractivity contribution in [2.75, 3.05) is 39.6 Å². The Hall–Kier alpha value is -1.94. The second-order valence-corrected chi connectivity index (χ2v) is 34.0. The zero-order valence-corrected chi connectivity index (χ0v) is 70.0. The van der Waals surface area contributed by atoms with Crippen LogP contribution in [0, 0.1) is 5.92 Å². The molecule has 0 aromatic heterocycles. The van der Waals surface area contributed by atoms with E-state index in [9.17, 15) is 43.2 Å². The van der Waals surface area contributed by atoms with E-state index in [-0.39, 0.29) is 25.7 Å². The van der Waals surface area contributed by atoms with Crippen LogP contribution in [0.5, 0.6) is 0 Å². The van der Waals surface area contributed by atoms with E-state index in [1.54, 1.807) is 0 Å². The zero-order chi connectivity index (χ0) is 76.2. The molecule has 0 amide bonds. The number of carbonyl (C=O) groups excluding carboxylic acids is 4. The Balaban J connectivity index is 5.16. The largest absolute Gasteiger partial charge is 0.472 e. The Morgan fingerprint density at radius 3 is 0.654 bits per heavy atom. The molecule has 0 aromatic rings. The molecule has 0 fully saturated rings. The summed E-state index contributed by atoms with van der Waals surface area (Å²) in [6, 6.07) is 0. The Kier molecular flexibility index (Phi) is 76.3. The van der Waals surface area contributed by atoms with Crippen LogP contribution in [-0.2, 0) is 65.4 Å². The quantitative estimate of drug-likeness (QED) is 0.0222. The van der Waals surface area contributed by atoms with Crippen LogP contribution in [-0.4, -0.2) is 96.7 Å². The predicted molar refractivity (Wildman–Crippen MR) is 428 cm³/mol. The van der Waals surface area contributed by atoms with Gasteiger partial charge in [-0.1, -0.05) is 407 Å². The summed E-state index contributed by atoms with van der Waals surface area (Å²) in [4.78, 5) is 73.0.